The van der Waals surface area contributed by atoms with Crippen molar-refractivity contribution in [3.63, 3.8) is 0 Å². The molecule has 1 rings (SSSR count). The summed E-state index contributed by atoms with van der Waals surface area (Å²) in [7, 11) is 0. The fourth-order valence-electron chi connectivity index (χ4n) is 0.761. The van der Waals surface area contributed by atoms with Crippen molar-refractivity contribution in [1.82, 2.24) is 15.0 Å². The standard InChI is InChI=1S/C8H13N3O/c1-6(12)11-5-7(9-10-11)8(2,3)4/h5H,1-4H3. The van der Waals surface area contributed by atoms with Gasteiger partial charge in [-0.3, -0.25) is 4.79 Å². The molecule has 12 heavy (non-hydrogen) atoms. The molecule has 0 N–H and O–H groups in total. The van der Waals surface area contributed by atoms with Crippen LogP contribution in [0.5, 0.6) is 0 Å². The third-order valence-electron chi connectivity index (χ3n) is 1.58. The average molecular weight is 167 g/mol. The molecule has 0 atom stereocenters. The molecule has 1 aromatic rings. The van der Waals surface area contributed by atoms with Crippen LogP contribution in [0.4, 0.5) is 0 Å². The minimum Gasteiger partial charge on any atom is -0.273 e. The molecule has 1 aromatic heterocycles. The van der Waals surface area contributed by atoms with Crippen LogP contribution in [-0.2, 0) is 5.41 Å². The van der Waals surface area contributed by atoms with E-state index in [-0.39, 0.29) is 11.3 Å². The molecule has 1 heterocycles. The van der Waals surface area contributed by atoms with Gasteiger partial charge in [-0.05, 0) is 0 Å². The van der Waals surface area contributed by atoms with Crippen molar-refractivity contribution in [2.45, 2.75) is 33.1 Å². The molecule has 4 heteroatoms. The molecule has 0 aliphatic carbocycles. The predicted octanol–water partition coefficient (Wildman–Crippen LogP) is 1.24. The molecular weight excluding hydrogens is 154 g/mol. The molecule has 0 saturated heterocycles. The first-order valence-electron chi connectivity index (χ1n) is 3.85. The van der Waals surface area contributed by atoms with E-state index in [0.29, 0.717) is 0 Å². The zero-order valence-electron chi connectivity index (χ0n) is 7.83. The Morgan fingerprint density at radius 3 is 2.33 bits per heavy atom. The number of carbonyl (C=O) groups is 1. The Bertz CT molecular complexity index is 295. The Morgan fingerprint density at radius 1 is 1.50 bits per heavy atom. The van der Waals surface area contributed by atoms with Gasteiger partial charge in [-0.25, -0.2) is 0 Å². The van der Waals surface area contributed by atoms with Gasteiger partial charge in [-0.2, -0.15) is 4.68 Å². The maximum absolute atomic E-state index is 10.8. The third kappa shape index (κ3) is 1.69. The Morgan fingerprint density at radius 2 is 2.08 bits per heavy atom. The molecule has 0 bridgehead atoms. The van der Waals surface area contributed by atoms with Gasteiger partial charge in [0.2, 0.25) is 5.91 Å². The Labute approximate surface area is 71.6 Å². The molecule has 66 valence electrons. The van der Waals surface area contributed by atoms with Gasteiger partial charge >= 0.3 is 0 Å². The molecule has 0 radical (unpaired) electrons. The van der Waals surface area contributed by atoms with E-state index in [1.807, 2.05) is 20.8 Å². The van der Waals surface area contributed by atoms with Crippen LogP contribution in [0, 0.1) is 0 Å². The number of aromatic nitrogens is 3. The van der Waals surface area contributed by atoms with Gasteiger partial charge in [0.25, 0.3) is 0 Å². The second-order valence-corrected chi connectivity index (χ2v) is 3.82. The summed E-state index contributed by atoms with van der Waals surface area (Å²) in [4.78, 5) is 10.8. The highest BCUT2D eigenvalue weighted by atomic mass is 16.2. The van der Waals surface area contributed by atoms with E-state index >= 15 is 0 Å². The molecule has 0 saturated carbocycles. The third-order valence-corrected chi connectivity index (χ3v) is 1.58. The smallest absolute Gasteiger partial charge is 0.245 e. The van der Waals surface area contributed by atoms with E-state index in [9.17, 15) is 4.79 Å². The van der Waals surface area contributed by atoms with Crippen LogP contribution < -0.4 is 0 Å². The van der Waals surface area contributed by atoms with Crippen molar-refractivity contribution in [3.05, 3.63) is 11.9 Å². The van der Waals surface area contributed by atoms with Crippen LogP contribution in [-0.4, -0.2) is 20.9 Å². The van der Waals surface area contributed by atoms with Crippen molar-refractivity contribution < 1.29 is 4.79 Å². The SMILES string of the molecule is CC(=O)n1cc(C(C)(C)C)nn1. The maximum atomic E-state index is 10.8. The van der Waals surface area contributed by atoms with E-state index in [0.717, 1.165) is 5.69 Å². The lowest BCUT2D eigenvalue weighted by Gasteiger charge is -2.12. The Kier molecular flexibility index (Phi) is 2.00. The number of hydrogen-bond donors (Lipinski definition) is 0. The first-order valence-corrected chi connectivity index (χ1v) is 3.85. The largest absolute Gasteiger partial charge is 0.273 e. The lowest BCUT2D eigenvalue weighted by Crippen LogP contribution is -2.11. The van der Waals surface area contributed by atoms with Gasteiger partial charge < -0.3 is 0 Å². The van der Waals surface area contributed by atoms with E-state index in [1.54, 1.807) is 6.20 Å². The van der Waals surface area contributed by atoms with Gasteiger partial charge in [0, 0.05) is 12.3 Å². The fourth-order valence-corrected chi connectivity index (χ4v) is 0.761. The van der Waals surface area contributed by atoms with Gasteiger partial charge in [0.15, 0.2) is 0 Å². The number of rotatable bonds is 0. The van der Waals surface area contributed by atoms with E-state index < -0.39 is 0 Å². The number of carbonyl (C=O) groups excluding carboxylic acids is 1. The lowest BCUT2D eigenvalue weighted by atomic mass is 9.93. The normalized spacial score (nSPS) is 11.7. The van der Waals surface area contributed by atoms with Crippen LogP contribution >= 0.6 is 0 Å². The molecule has 0 aliphatic rings. The highest BCUT2D eigenvalue weighted by Crippen LogP contribution is 2.18. The molecular formula is C8H13N3O. The van der Waals surface area contributed by atoms with Crippen molar-refractivity contribution >= 4 is 5.91 Å². The lowest BCUT2D eigenvalue weighted by molar-refractivity contribution is 0.0919. The van der Waals surface area contributed by atoms with Crippen molar-refractivity contribution in [3.8, 4) is 0 Å². The molecule has 0 amide bonds. The summed E-state index contributed by atoms with van der Waals surface area (Å²) >= 11 is 0. The second-order valence-electron chi connectivity index (χ2n) is 3.82. The monoisotopic (exact) mass is 167 g/mol. The Hall–Kier alpha value is -1.19. The van der Waals surface area contributed by atoms with Crippen LogP contribution in [0.2, 0.25) is 0 Å². The second kappa shape index (κ2) is 2.69. The summed E-state index contributed by atoms with van der Waals surface area (Å²) in [6.45, 7) is 7.55. The van der Waals surface area contributed by atoms with E-state index in [2.05, 4.69) is 10.3 Å². The Balaban J connectivity index is 3.00. The molecule has 0 unspecified atom stereocenters. The highest BCUT2D eigenvalue weighted by Gasteiger charge is 2.18. The van der Waals surface area contributed by atoms with Crippen LogP contribution in [0.25, 0.3) is 0 Å². The number of hydrogen-bond acceptors (Lipinski definition) is 3. The van der Waals surface area contributed by atoms with E-state index in [1.165, 1.54) is 11.6 Å². The highest BCUT2D eigenvalue weighted by molar-refractivity contribution is 5.74. The van der Waals surface area contributed by atoms with Crippen LogP contribution in [0.15, 0.2) is 6.20 Å². The average Bonchev–Trinajstić information content (AvgIpc) is 2.30. The molecule has 4 nitrogen and oxygen atoms in total. The fraction of sp³-hybridized carbons (Fsp3) is 0.625. The molecule has 0 aliphatic heterocycles. The van der Waals surface area contributed by atoms with Gasteiger partial charge in [0.05, 0.1) is 11.9 Å². The topological polar surface area (TPSA) is 47.8 Å². The summed E-state index contributed by atoms with van der Waals surface area (Å²) in [5.41, 5.74) is 0.783. The van der Waals surface area contributed by atoms with Crippen molar-refractivity contribution in [1.29, 1.82) is 0 Å². The summed E-state index contributed by atoms with van der Waals surface area (Å²) in [6.07, 6.45) is 1.67. The molecule has 0 aromatic carbocycles. The van der Waals surface area contributed by atoms with E-state index in [4.69, 9.17) is 0 Å². The van der Waals surface area contributed by atoms with Gasteiger partial charge in [-0.1, -0.05) is 26.0 Å². The zero-order valence-corrected chi connectivity index (χ0v) is 7.83. The minimum atomic E-state index is -0.113. The van der Waals surface area contributed by atoms with Crippen molar-refractivity contribution in [2.75, 3.05) is 0 Å². The van der Waals surface area contributed by atoms with Gasteiger partial charge in [-0.15, -0.1) is 5.10 Å². The first kappa shape index (κ1) is 8.90. The minimum absolute atomic E-state index is 0.0479. The summed E-state index contributed by atoms with van der Waals surface area (Å²) in [5, 5.41) is 7.60. The quantitative estimate of drug-likeness (QED) is 0.584. The maximum Gasteiger partial charge on any atom is 0.245 e. The predicted molar refractivity (Wildman–Crippen MR) is 45.0 cm³/mol. The van der Waals surface area contributed by atoms with Crippen LogP contribution in [0.1, 0.15) is 38.2 Å². The van der Waals surface area contributed by atoms with Gasteiger partial charge in [0.1, 0.15) is 0 Å². The molecule has 0 fully saturated rings. The van der Waals surface area contributed by atoms with Crippen molar-refractivity contribution in [2.24, 2.45) is 0 Å². The number of nitrogens with zero attached hydrogens (tertiary/aromatic N) is 3. The summed E-state index contributed by atoms with van der Waals surface area (Å²) < 4.78 is 1.25. The summed E-state index contributed by atoms with van der Waals surface area (Å²) in [6, 6.07) is 0. The first-order chi connectivity index (χ1) is 5.41. The zero-order chi connectivity index (χ0) is 9.35. The summed E-state index contributed by atoms with van der Waals surface area (Å²) in [5.74, 6) is -0.113. The van der Waals surface area contributed by atoms with Crippen LogP contribution in [0.3, 0.4) is 0 Å². The molecule has 0 spiro atoms.